The monoisotopic (exact) mass is 330 g/mol. The zero-order valence-corrected chi connectivity index (χ0v) is 13.3. The lowest BCUT2D eigenvalue weighted by Crippen LogP contribution is -2.32. The average molecular weight is 331 g/mol. The van der Waals surface area contributed by atoms with Crippen LogP contribution < -0.4 is 5.73 Å². The number of benzene rings is 2. The van der Waals surface area contributed by atoms with Gasteiger partial charge in [-0.3, -0.25) is 4.79 Å². The molecular formula is C18H19ClN2O2. The van der Waals surface area contributed by atoms with Crippen molar-refractivity contribution >= 4 is 28.5 Å². The van der Waals surface area contributed by atoms with E-state index in [9.17, 15) is 4.79 Å². The highest BCUT2D eigenvalue weighted by Gasteiger charge is 2.14. The summed E-state index contributed by atoms with van der Waals surface area (Å²) in [6, 6.07) is 16.9. The third-order valence-corrected chi connectivity index (χ3v) is 3.74. The van der Waals surface area contributed by atoms with Crippen molar-refractivity contribution in [2.24, 2.45) is 5.73 Å². The van der Waals surface area contributed by atoms with Crippen LogP contribution in [-0.4, -0.2) is 22.1 Å². The minimum absolute atomic E-state index is 0.347. The van der Waals surface area contributed by atoms with E-state index < -0.39 is 12.0 Å². The molecule has 0 aliphatic carbocycles. The predicted molar refractivity (Wildman–Crippen MR) is 93.6 cm³/mol. The quantitative estimate of drug-likeness (QED) is 0.640. The summed E-state index contributed by atoms with van der Waals surface area (Å²) in [4.78, 5) is 13.7. The molecule has 0 saturated heterocycles. The van der Waals surface area contributed by atoms with Crippen molar-refractivity contribution < 1.29 is 9.90 Å². The molecule has 120 valence electrons. The number of rotatable bonds is 4. The van der Waals surface area contributed by atoms with Crippen LogP contribution in [0.1, 0.15) is 11.1 Å². The van der Waals surface area contributed by atoms with Crippen LogP contribution in [0.2, 0.25) is 0 Å². The van der Waals surface area contributed by atoms with Gasteiger partial charge in [0, 0.05) is 29.4 Å². The normalized spacial score (nSPS) is 11.6. The van der Waals surface area contributed by atoms with Crippen LogP contribution in [0.5, 0.6) is 0 Å². The van der Waals surface area contributed by atoms with Crippen molar-refractivity contribution in [2.75, 3.05) is 0 Å². The Kier molecular flexibility index (Phi) is 6.20. The minimum atomic E-state index is -0.972. The van der Waals surface area contributed by atoms with Crippen LogP contribution in [0.4, 0.5) is 0 Å². The number of hydrogen-bond donors (Lipinski definition) is 3. The molecule has 0 radical (unpaired) electrons. The molecule has 1 atom stereocenters. The number of H-pyrrole nitrogens is 1. The van der Waals surface area contributed by atoms with Crippen molar-refractivity contribution in [1.29, 1.82) is 0 Å². The summed E-state index contributed by atoms with van der Waals surface area (Å²) >= 11 is 5.53. The van der Waals surface area contributed by atoms with E-state index in [0.717, 1.165) is 16.5 Å². The van der Waals surface area contributed by atoms with Crippen molar-refractivity contribution in [3.05, 3.63) is 71.9 Å². The van der Waals surface area contributed by atoms with Crippen molar-refractivity contribution in [2.45, 2.75) is 18.3 Å². The van der Waals surface area contributed by atoms with Gasteiger partial charge in [0.2, 0.25) is 0 Å². The Labute approximate surface area is 139 Å². The Morgan fingerprint density at radius 2 is 1.78 bits per heavy atom. The van der Waals surface area contributed by atoms with Gasteiger partial charge in [0.25, 0.3) is 0 Å². The third-order valence-electron chi connectivity index (χ3n) is 3.43. The third kappa shape index (κ3) is 4.84. The second-order valence-corrected chi connectivity index (χ2v) is 5.39. The van der Waals surface area contributed by atoms with E-state index in [4.69, 9.17) is 22.4 Å². The summed E-state index contributed by atoms with van der Waals surface area (Å²) in [5, 5.41) is 9.75. The lowest BCUT2D eigenvalue weighted by atomic mass is 10.1. The summed E-state index contributed by atoms with van der Waals surface area (Å²) in [5.74, 6) is -0.360. The molecule has 1 aromatic heterocycles. The molecule has 4 nitrogen and oxygen atoms in total. The highest BCUT2D eigenvalue weighted by Crippen LogP contribution is 2.18. The number of carbonyl (C=O) groups is 1. The van der Waals surface area contributed by atoms with Crippen LogP contribution in [0.3, 0.4) is 0 Å². The van der Waals surface area contributed by atoms with Gasteiger partial charge < -0.3 is 15.8 Å². The number of alkyl halides is 1. The number of aromatic nitrogens is 1. The van der Waals surface area contributed by atoms with Crippen LogP contribution >= 0.6 is 11.6 Å². The highest BCUT2D eigenvalue weighted by molar-refractivity contribution is 6.17. The molecule has 3 aromatic rings. The van der Waals surface area contributed by atoms with Crippen molar-refractivity contribution in [3.63, 3.8) is 0 Å². The van der Waals surface area contributed by atoms with Gasteiger partial charge >= 0.3 is 5.97 Å². The SMILES string of the molecule is ClCc1ccccc1.NC(Cc1c[nH]c2ccccc12)C(=O)O. The van der Waals surface area contributed by atoms with E-state index in [1.54, 1.807) is 0 Å². The smallest absolute Gasteiger partial charge is 0.320 e. The number of aliphatic carboxylic acids is 1. The van der Waals surface area contributed by atoms with Gasteiger partial charge in [-0.1, -0.05) is 48.5 Å². The molecule has 0 aliphatic heterocycles. The fourth-order valence-electron chi connectivity index (χ4n) is 2.19. The largest absolute Gasteiger partial charge is 0.480 e. The van der Waals surface area contributed by atoms with Gasteiger partial charge in [-0.25, -0.2) is 0 Å². The number of carboxylic acids is 1. The van der Waals surface area contributed by atoms with E-state index in [0.29, 0.717) is 12.3 Å². The molecule has 0 saturated carbocycles. The predicted octanol–water partition coefficient (Wildman–Crippen LogP) is 3.55. The van der Waals surface area contributed by atoms with Crippen molar-refractivity contribution in [1.82, 2.24) is 4.98 Å². The van der Waals surface area contributed by atoms with Gasteiger partial charge in [-0.2, -0.15) is 0 Å². The number of carboxylic acid groups (broad SMARTS) is 1. The molecular weight excluding hydrogens is 312 g/mol. The van der Waals surface area contributed by atoms with Gasteiger partial charge in [-0.05, 0) is 17.2 Å². The molecule has 2 aromatic carbocycles. The minimum Gasteiger partial charge on any atom is -0.480 e. The summed E-state index contributed by atoms with van der Waals surface area (Å²) in [6.07, 6.45) is 2.16. The molecule has 0 aliphatic rings. The molecule has 0 spiro atoms. The maximum atomic E-state index is 10.6. The van der Waals surface area contributed by atoms with Crippen LogP contribution in [0.15, 0.2) is 60.8 Å². The van der Waals surface area contributed by atoms with Gasteiger partial charge in [0.1, 0.15) is 6.04 Å². The highest BCUT2D eigenvalue weighted by atomic mass is 35.5. The first-order valence-electron chi connectivity index (χ1n) is 7.25. The lowest BCUT2D eigenvalue weighted by molar-refractivity contribution is -0.138. The first kappa shape index (κ1) is 17.1. The maximum Gasteiger partial charge on any atom is 0.320 e. The van der Waals surface area contributed by atoms with Gasteiger partial charge in [-0.15, -0.1) is 11.6 Å². The summed E-state index contributed by atoms with van der Waals surface area (Å²) < 4.78 is 0. The molecule has 4 N–H and O–H groups in total. The zero-order chi connectivity index (χ0) is 16.7. The topological polar surface area (TPSA) is 79.1 Å². The maximum absolute atomic E-state index is 10.6. The second-order valence-electron chi connectivity index (χ2n) is 5.13. The molecule has 3 rings (SSSR count). The molecule has 1 heterocycles. The molecule has 0 bridgehead atoms. The Hall–Kier alpha value is -2.30. The molecule has 5 heteroatoms. The van der Waals surface area contributed by atoms with Crippen LogP contribution in [-0.2, 0) is 17.1 Å². The molecule has 0 fully saturated rings. The number of aromatic amines is 1. The number of nitrogens with two attached hydrogens (primary N) is 1. The first-order valence-corrected chi connectivity index (χ1v) is 7.78. The first-order chi connectivity index (χ1) is 11.1. The van der Waals surface area contributed by atoms with Gasteiger partial charge in [0.15, 0.2) is 0 Å². The van der Waals surface area contributed by atoms with Crippen LogP contribution in [0, 0.1) is 0 Å². The Morgan fingerprint density at radius 3 is 2.39 bits per heavy atom. The van der Waals surface area contributed by atoms with E-state index in [1.807, 2.05) is 60.8 Å². The molecule has 23 heavy (non-hydrogen) atoms. The number of para-hydroxylation sites is 1. The number of hydrogen-bond acceptors (Lipinski definition) is 2. The summed E-state index contributed by atoms with van der Waals surface area (Å²) in [7, 11) is 0. The summed E-state index contributed by atoms with van der Waals surface area (Å²) in [6.45, 7) is 0. The molecule has 0 amide bonds. The fraction of sp³-hybridized carbons (Fsp3) is 0.167. The van der Waals surface area contributed by atoms with E-state index in [-0.39, 0.29) is 0 Å². The average Bonchev–Trinajstić information content (AvgIpc) is 2.99. The Balaban J connectivity index is 0.000000203. The number of nitrogens with one attached hydrogen (secondary N) is 1. The fourth-order valence-corrected chi connectivity index (χ4v) is 2.37. The standard InChI is InChI=1S/C11H12N2O2.C7H7Cl/c12-9(11(14)15)5-7-6-13-10-4-2-1-3-8(7)10;8-6-7-4-2-1-3-5-7/h1-4,6,9,13H,5,12H2,(H,14,15);1-5H,6H2. The van der Waals surface area contributed by atoms with E-state index >= 15 is 0 Å². The molecule has 1 unspecified atom stereocenters. The van der Waals surface area contributed by atoms with Crippen molar-refractivity contribution in [3.8, 4) is 0 Å². The number of halogens is 1. The summed E-state index contributed by atoms with van der Waals surface area (Å²) in [5.41, 5.74) is 8.61. The zero-order valence-electron chi connectivity index (χ0n) is 12.6. The Morgan fingerprint density at radius 1 is 1.13 bits per heavy atom. The number of fused-ring (bicyclic) bond motifs is 1. The van der Waals surface area contributed by atoms with Crippen LogP contribution in [0.25, 0.3) is 10.9 Å². The van der Waals surface area contributed by atoms with E-state index in [1.165, 1.54) is 5.56 Å². The Bertz CT molecular complexity index is 756. The van der Waals surface area contributed by atoms with Gasteiger partial charge in [0.05, 0.1) is 0 Å². The second kappa shape index (κ2) is 8.36. The van der Waals surface area contributed by atoms with E-state index in [2.05, 4.69) is 4.98 Å². The lowest BCUT2D eigenvalue weighted by Gasteiger charge is -2.04.